The fraction of sp³-hybridized carbons (Fsp3) is 0.182. The molecule has 226 valence electrons. The van der Waals surface area contributed by atoms with Crippen LogP contribution in [0.3, 0.4) is 0 Å². The molecule has 2 heteroatoms. The first-order valence-electron chi connectivity index (χ1n) is 18.9. The molecule has 0 fully saturated rings. The summed E-state index contributed by atoms with van der Waals surface area (Å²) in [6, 6.07) is 32.7. The number of fused-ring (bicyclic) bond motifs is 6. The lowest BCUT2D eigenvalue weighted by Gasteiger charge is -2.20. The van der Waals surface area contributed by atoms with Crippen LogP contribution in [0.1, 0.15) is 60.9 Å². The molecule has 2 aromatic heterocycles. The lowest BCUT2D eigenvalue weighted by molar-refractivity contribution is 0.590. The van der Waals surface area contributed by atoms with E-state index >= 15 is 0 Å². The number of para-hydroxylation sites is 2. The van der Waals surface area contributed by atoms with Crippen molar-refractivity contribution in [2.45, 2.75) is 52.4 Å². The van der Waals surface area contributed by atoms with Gasteiger partial charge in [-0.1, -0.05) is 126 Å². The Morgan fingerprint density at radius 1 is 0.457 bits per heavy atom. The molecular weight excluding hydrogens is 556 g/mol. The molecule has 0 spiro atoms. The summed E-state index contributed by atoms with van der Waals surface area (Å²) >= 11 is 0. The average molecular weight is 603 g/mol. The number of rotatable bonds is 3. The Morgan fingerprint density at radius 3 is 1.63 bits per heavy atom. The maximum atomic E-state index is 9.42. The third kappa shape index (κ3) is 4.55. The Morgan fingerprint density at radius 2 is 0.978 bits per heavy atom. The fourth-order valence-corrected chi connectivity index (χ4v) is 6.65. The molecule has 2 heterocycles. The van der Waals surface area contributed by atoms with Crippen LogP contribution in [0.15, 0.2) is 133 Å². The highest BCUT2D eigenvalue weighted by Crippen LogP contribution is 2.38. The van der Waals surface area contributed by atoms with E-state index in [0.29, 0.717) is 11.6 Å². The molecule has 0 bridgehead atoms. The predicted octanol–water partition coefficient (Wildman–Crippen LogP) is 12.1. The molecule has 0 amide bonds. The molecule has 0 saturated heterocycles. The molecule has 8 rings (SSSR count). The van der Waals surface area contributed by atoms with Crippen LogP contribution in [0.5, 0.6) is 0 Å². The van der Waals surface area contributed by atoms with Gasteiger partial charge < -0.3 is 9.13 Å². The number of hydrogen-bond acceptors (Lipinski definition) is 0. The maximum Gasteiger partial charge on any atom is 0.0648 e. The third-order valence-electron chi connectivity index (χ3n) is 9.16. The van der Waals surface area contributed by atoms with Gasteiger partial charge in [-0.15, -0.1) is 0 Å². The van der Waals surface area contributed by atoms with Gasteiger partial charge in [-0.2, -0.15) is 0 Å². The zero-order chi connectivity index (χ0) is 37.0. The van der Waals surface area contributed by atoms with E-state index in [9.17, 15) is 1.37 Å². The smallest absolute Gasteiger partial charge is 0.0648 e. The normalized spacial score (nSPS) is 14.4. The van der Waals surface area contributed by atoms with E-state index in [1.807, 2.05) is 36.4 Å². The molecule has 0 radical (unpaired) electrons. The van der Waals surface area contributed by atoms with Crippen LogP contribution >= 0.6 is 0 Å². The van der Waals surface area contributed by atoms with Gasteiger partial charge >= 0.3 is 0 Å². The molecule has 0 aliphatic carbocycles. The summed E-state index contributed by atoms with van der Waals surface area (Å²) in [4.78, 5) is 0. The van der Waals surface area contributed by atoms with Crippen LogP contribution in [0, 0.1) is 0 Å². The van der Waals surface area contributed by atoms with E-state index in [1.165, 1.54) is 0 Å². The summed E-state index contributed by atoms with van der Waals surface area (Å²) in [6.07, 6.45) is 0. The van der Waals surface area contributed by atoms with Crippen molar-refractivity contribution >= 4 is 43.6 Å². The second-order valence-electron chi connectivity index (χ2n) is 14.3. The van der Waals surface area contributed by atoms with E-state index in [2.05, 4.69) is 93.1 Å². The second-order valence-corrected chi connectivity index (χ2v) is 14.3. The fourth-order valence-electron chi connectivity index (χ4n) is 6.65. The number of hydrogen-bond donors (Lipinski definition) is 0. The van der Waals surface area contributed by atoms with Crippen LogP contribution in [-0.2, 0) is 10.8 Å². The lowest BCUT2D eigenvalue weighted by atomic mass is 9.86. The quantitative estimate of drug-likeness (QED) is 0.190. The molecule has 8 aromatic rings. The van der Waals surface area contributed by atoms with Gasteiger partial charge in [0.25, 0.3) is 0 Å². The predicted molar refractivity (Wildman–Crippen MR) is 198 cm³/mol. The van der Waals surface area contributed by atoms with Crippen molar-refractivity contribution < 1.29 is 8.22 Å². The summed E-state index contributed by atoms with van der Waals surface area (Å²) in [5, 5.41) is 3.44. The summed E-state index contributed by atoms with van der Waals surface area (Å²) in [5.41, 5.74) is 8.39. The molecule has 0 aliphatic heterocycles. The number of nitrogens with zero attached hydrogens (tertiary/aromatic N) is 2. The van der Waals surface area contributed by atoms with Crippen LogP contribution in [0.2, 0.25) is 0 Å². The Balaban J connectivity index is 1.37. The van der Waals surface area contributed by atoms with Gasteiger partial charge in [-0.05, 0) is 81.6 Å². The SMILES string of the molecule is [2H]c1cc2c3ccc(C(C)(C)C)c([2H])c3n(-c3cccc(-c4cccc(-n5c6cc(C(C)(C)C)ccc6c6cc([2H])c([2H])c([2H])c65)c4)c3)c2cc1[2H]. The van der Waals surface area contributed by atoms with Crippen LogP contribution in [0.4, 0.5) is 0 Å². The first-order chi connectivity index (χ1) is 24.5. The molecule has 0 atom stereocenters. The average Bonchev–Trinajstić information content (AvgIpc) is 3.59. The number of benzene rings is 6. The minimum atomic E-state index is -0.252. The molecule has 2 nitrogen and oxygen atoms in total. The van der Waals surface area contributed by atoms with Crippen LogP contribution in [-0.4, -0.2) is 9.13 Å². The Kier molecular flexibility index (Phi) is 4.98. The lowest BCUT2D eigenvalue weighted by Crippen LogP contribution is -2.10. The van der Waals surface area contributed by atoms with Gasteiger partial charge in [0.15, 0.2) is 0 Å². The van der Waals surface area contributed by atoms with Crippen molar-refractivity contribution in [3.05, 3.63) is 144 Å². The van der Waals surface area contributed by atoms with Crippen molar-refractivity contribution in [2.75, 3.05) is 0 Å². The molecule has 46 heavy (non-hydrogen) atoms. The molecular formula is C44H40N2. The zero-order valence-electron chi connectivity index (χ0n) is 33.1. The molecule has 0 aliphatic rings. The van der Waals surface area contributed by atoms with Crippen molar-refractivity contribution in [3.8, 4) is 22.5 Å². The third-order valence-corrected chi connectivity index (χ3v) is 9.16. The van der Waals surface area contributed by atoms with Crippen molar-refractivity contribution in [2.24, 2.45) is 0 Å². The molecule has 6 aromatic carbocycles. The van der Waals surface area contributed by atoms with Crippen LogP contribution in [0.25, 0.3) is 66.1 Å². The first kappa shape index (κ1) is 22.4. The first-order valence-corrected chi connectivity index (χ1v) is 15.9. The van der Waals surface area contributed by atoms with E-state index in [-0.39, 0.29) is 41.0 Å². The maximum absolute atomic E-state index is 9.42. The van der Waals surface area contributed by atoms with E-state index in [4.69, 9.17) is 6.85 Å². The standard InChI is InChI=1S/C44H40N2/c1-43(2,3)31-21-23-37-35-17-7-9-19-39(35)45(41(37)27-31)33-15-11-13-29(25-33)30-14-12-16-34(26-30)46-40-20-10-8-18-36(40)38-24-22-32(28-42(38)46)44(4,5)6/h7-28H,1-6H3/i7D,8D,9D,10D,19D,28D. The van der Waals surface area contributed by atoms with Gasteiger partial charge in [0.05, 0.1) is 30.3 Å². The van der Waals surface area contributed by atoms with Gasteiger partial charge in [-0.3, -0.25) is 0 Å². The van der Waals surface area contributed by atoms with E-state index in [0.717, 1.165) is 71.7 Å². The highest BCUT2D eigenvalue weighted by Gasteiger charge is 2.20. The Bertz CT molecular complexity index is 2730. The van der Waals surface area contributed by atoms with Crippen molar-refractivity contribution in [1.29, 1.82) is 0 Å². The Labute approximate surface area is 280 Å². The van der Waals surface area contributed by atoms with Crippen molar-refractivity contribution in [1.82, 2.24) is 9.13 Å². The molecule has 0 unspecified atom stereocenters. The van der Waals surface area contributed by atoms with Crippen LogP contribution < -0.4 is 0 Å². The van der Waals surface area contributed by atoms with Gasteiger partial charge in [0.2, 0.25) is 0 Å². The number of aromatic nitrogens is 2. The largest absolute Gasteiger partial charge is 0.309 e. The van der Waals surface area contributed by atoms with Crippen molar-refractivity contribution in [3.63, 3.8) is 0 Å². The minimum absolute atomic E-state index is 0.0280. The Hall–Kier alpha value is -5.08. The summed E-state index contributed by atoms with van der Waals surface area (Å²) in [7, 11) is 0. The monoisotopic (exact) mass is 602 g/mol. The van der Waals surface area contributed by atoms with E-state index < -0.39 is 0 Å². The highest BCUT2D eigenvalue weighted by molar-refractivity contribution is 6.10. The summed E-state index contributed by atoms with van der Waals surface area (Å²) < 4.78 is 56.5. The summed E-state index contributed by atoms with van der Waals surface area (Å²) in [6.45, 7) is 12.9. The van der Waals surface area contributed by atoms with E-state index in [1.54, 1.807) is 18.2 Å². The zero-order valence-corrected chi connectivity index (χ0v) is 27.1. The molecule has 0 saturated carbocycles. The van der Waals surface area contributed by atoms with Gasteiger partial charge in [-0.25, -0.2) is 0 Å². The minimum Gasteiger partial charge on any atom is -0.309 e. The second kappa shape index (κ2) is 10.2. The topological polar surface area (TPSA) is 9.86 Å². The molecule has 0 N–H and O–H groups in total. The van der Waals surface area contributed by atoms with Gasteiger partial charge in [0, 0.05) is 32.9 Å². The highest BCUT2D eigenvalue weighted by atomic mass is 15.0. The summed E-state index contributed by atoms with van der Waals surface area (Å²) in [5.74, 6) is 0. The van der Waals surface area contributed by atoms with Gasteiger partial charge in [0.1, 0.15) is 0 Å².